The van der Waals surface area contributed by atoms with Crippen LogP contribution in [0.2, 0.25) is 0 Å². The minimum Gasteiger partial charge on any atom is -0.376 e. The lowest BCUT2D eigenvalue weighted by Gasteiger charge is -2.25. The van der Waals surface area contributed by atoms with Crippen molar-refractivity contribution in [2.45, 2.75) is 68.6 Å². The monoisotopic (exact) mass is 489 g/mol. The number of hydrogen-bond donors (Lipinski definition) is 0. The normalized spacial score (nSPS) is 18.9. The van der Waals surface area contributed by atoms with Crippen molar-refractivity contribution in [3.8, 4) is 0 Å². The molecule has 0 bridgehead atoms. The fraction of sp³-hybridized carbons (Fsp3) is 0.520. The molecule has 1 aliphatic carbocycles. The largest absolute Gasteiger partial charge is 0.376 e. The van der Waals surface area contributed by atoms with E-state index in [0.29, 0.717) is 25.4 Å². The van der Waals surface area contributed by atoms with Crippen LogP contribution in [0.5, 0.6) is 0 Å². The first-order valence-electron chi connectivity index (χ1n) is 11.9. The molecule has 0 radical (unpaired) electrons. The molecule has 2 aromatic rings. The van der Waals surface area contributed by atoms with E-state index in [1.54, 1.807) is 21.6 Å². The summed E-state index contributed by atoms with van der Waals surface area (Å²) in [7, 11) is -3.94. The van der Waals surface area contributed by atoms with Gasteiger partial charge in [-0.25, -0.2) is 17.8 Å². The van der Waals surface area contributed by atoms with Crippen LogP contribution in [0.3, 0.4) is 0 Å². The summed E-state index contributed by atoms with van der Waals surface area (Å²) in [5, 5.41) is -0.117. The third-order valence-electron chi connectivity index (χ3n) is 6.61. The lowest BCUT2D eigenvalue weighted by atomic mass is 10.1. The van der Waals surface area contributed by atoms with Gasteiger partial charge in [-0.15, -0.1) is 6.58 Å². The van der Waals surface area contributed by atoms with Crippen LogP contribution in [-0.4, -0.2) is 48.0 Å². The van der Waals surface area contributed by atoms with Gasteiger partial charge in [-0.2, -0.15) is 0 Å². The zero-order chi connectivity index (χ0) is 24.1. The molecule has 2 heterocycles. The number of hydrogen-bond acceptors (Lipinski definition) is 5. The van der Waals surface area contributed by atoms with E-state index in [-0.39, 0.29) is 35.2 Å². The van der Waals surface area contributed by atoms with Gasteiger partial charge >= 0.3 is 0 Å². The molecule has 34 heavy (non-hydrogen) atoms. The highest BCUT2D eigenvalue weighted by atomic mass is 32.2. The Morgan fingerprint density at radius 3 is 2.68 bits per heavy atom. The summed E-state index contributed by atoms with van der Waals surface area (Å²) in [5.41, 5.74) is 0.719. The molecular weight excluding hydrogens is 457 g/mol. The first kappa shape index (κ1) is 24.6. The fourth-order valence-corrected chi connectivity index (χ4v) is 6.37. The molecule has 184 valence electrons. The van der Waals surface area contributed by atoms with Crippen LogP contribution < -0.4 is 0 Å². The molecule has 1 aromatic carbocycles. The van der Waals surface area contributed by atoms with Gasteiger partial charge in [0.15, 0.2) is 0 Å². The van der Waals surface area contributed by atoms with E-state index in [9.17, 15) is 17.6 Å². The molecule has 1 amide bonds. The minimum absolute atomic E-state index is 0.00116. The van der Waals surface area contributed by atoms with Crippen LogP contribution in [0.1, 0.15) is 49.8 Å². The van der Waals surface area contributed by atoms with Crippen molar-refractivity contribution in [3.63, 3.8) is 0 Å². The molecule has 1 atom stereocenters. The van der Waals surface area contributed by atoms with Gasteiger partial charge in [-0.3, -0.25) is 4.79 Å². The molecule has 2 aliphatic rings. The van der Waals surface area contributed by atoms with Crippen molar-refractivity contribution >= 4 is 15.7 Å². The molecule has 0 spiro atoms. The summed E-state index contributed by atoms with van der Waals surface area (Å²) < 4.78 is 48.3. The van der Waals surface area contributed by atoms with Crippen LogP contribution >= 0.6 is 0 Å². The summed E-state index contributed by atoms with van der Waals surface area (Å²) in [6.07, 6.45) is 8.66. The number of carbonyl (C=O) groups is 1. The highest BCUT2D eigenvalue weighted by molar-refractivity contribution is 7.90. The van der Waals surface area contributed by atoms with Crippen LogP contribution in [-0.2, 0) is 38.2 Å². The predicted octanol–water partition coefficient (Wildman–Crippen LogP) is 3.88. The first-order valence-corrected chi connectivity index (χ1v) is 13.6. The molecule has 1 aliphatic heterocycles. The van der Waals surface area contributed by atoms with Crippen molar-refractivity contribution in [3.05, 3.63) is 60.2 Å². The molecule has 1 saturated heterocycles. The number of halogens is 1. The van der Waals surface area contributed by atoms with Gasteiger partial charge in [-0.1, -0.05) is 37.1 Å². The predicted molar refractivity (Wildman–Crippen MR) is 126 cm³/mol. The van der Waals surface area contributed by atoms with E-state index in [4.69, 9.17) is 4.74 Å². The van der Waals surface area contributed by atoms with Gasteiger partial charge in [0, 0.05) is 24.6 Å². The molecule has 1 aromatic heterocycles. The Hall–Kier alpha value is -2.52. The summed E-state index contributed by atoms with van der Waals surface area (Å²) in [5.74, 6) is -0.987. The van der Waals surface area contributed by atoms with Crippen LogP contribution in [0, 0.1) is 11.7 Å². The molecule has 7 nitrogen and oxygen atoms in total. The second-order valence-electron chi connectivity index (χ2n) is 9.12. The Kier molecular flexibility index (Phi) is 7.83. The summed E-state index contributed by atoms with van der Waals surface area (Å²) in [6, 6.07) is 5.85. The molecule has 4 rings (SSSR count). The van der Waals surface area contributed by atoms with Gasteiger partial charge in [0.25, 0.3) is 0 Å². The smallest absolute Gasteiger partial charge is 0.228 e. The van der Waals surface area contributed by atoms with Gasteiger partial charge in [0.2, 0.25) is 20.9 Å². The Morgan fingerprint density at radius 1 is 1.24 bits per heavy atom. The van der Waals surface area contributed by atoms with Crippen LogP contribution in [0.4, 0.5) is 4.39 Å². The number of aromatic nitrogens is 2. The van der Waals surface area contributed by atoms with E-state index >= 15 is 0 Å². The second kappa shape index (κ2) is 10.8. The van der Waals surface area contributed by atoms with Gasteiger partial charge < -0.3 is 14.2 Å². The molecule has 1 saturated carbocycles. The van der Waals surface area contributed by atoms with Crippen molar-refractivity contribution < 1.29 is 22.3 Å². The summed E-state index contributed by atoms with van der Waals surface area (Å²) in [6.45, 7) is 5.35. The zero-order valence-electron chi connectivity index (χ0n) is 19.4. The lowest BCUT2D eigenvalue weighted by Crippen LogP contribution is -2.36. The third-order valence-corrected chi connectivity index (χ3v) is 8.18. The van der Waals surface area contributed by atoms with Gasteiger partial charge in [-0.05, 0) is 31.7 Å². The standard InChI is InChI=1S/C25H32FN3O4S/c1-2-13-28(24(30)19-8-3-4-9-19)16-21-15-27-25(29(21)17-22-11-7-14-33-22)34(31,32)18-20-10-5-6-12-23(20)26/h2,5-6,10,12,15,19,22H,1,3-4,7-9,11,13-14,16-18H2. The fourth-order valence-electron chi connectivity index (χ4n) is 4.85. The average molecular weight is 490 g/mol. The Bertz CT molecular complexity index is 1120. The topological polar surface area (TPSA) is 81.5 Å². The van der Waals surface area contributed by atoms with E-state index in [2.05, 4.69) is 11.6 Å². The molecular formula is C25H32FN3O4S. The van der Waals surface area contributed by atoms with E-state index in [1.165, 1.54) is 24.4 Å². The Morgan fingerprint density at radius 2 is 2.00 bits per heavy atom. The quantitative estimate of drug-likeness (QED) is 0.473. The van der Waals surface area contributed by atoms with Crippen molar-refractivity contribution in [1.82, 2.24) is 14.5 Å². The summed E-state index contributed by atoms with van der Waals surface area (Å²) >= 11 is 0. The molecule has 9 heteroatoms. The minimum atomic E-state index is -3.94. The highest BCUT2D eigenvalue weighted by Gasteiger charge is 2.31. The number of sulfone groups is 1. The Balaban J connectivity index is 1.64. The van der Waals surface area contributed by atoms with Crippen molar-refractivity contribution in [2.75, 3.05) is 13.2 Å². The van der Waals surface area contributed by atoms with E-state index in [0.717, 1.165) is 38.5 Å². The van der Waals surface area contributed by atoms with Crippen molar-refractivity contribution in [1.29, 1.82) is 0 Å². The average Bonchev–Trinajstić information content (AvgIpc) is 3.58. The number of imidazole rings is 1. The number of rotatable bonds is 10. The number of amides is 1. The Labute approximate surface area is 200 Å². The maximum atomic E-state index is 14.2. The lowest BCUT2D eigenvalue weighted by molar-refractivity contribution is -0.135. The van der Waals surface area contributed by atoms with Crippen LogP contribution in [0.15, 0.2) is 48.3 Å². The second-order valence-corrected chi connectivity index (χ2v) is 11.0. The number of ether oxygens (including phenoxy) is 1. The van der Waals surface area contributed by atoms with E-state index < -0.39 is 21.4 Å². The van der Waals surface area contributed by atoms with Crippen molar-refractivity contribution in [2.24, 2.45) is 5.92 Å². The molecule has 2 fully saturated rings. The first-order chi connectivity index (χ1) is 16.4. The third kappa shape index (κ3) is 5.58. The maximum absolute atomic E-state index is 14.2. The highest BCUT2D eigenvalue weighted by Crippen LogP contribution is 2.28. The molecule has 1 unspecified atom stereocenters. The number of carbonyl (C=O) groups excluding carboxylic acids is 1. The maximum Gasteiger partial charge on any atom is 0.228 e. The zero-order valence-corrected chi connectivity index (χ0v) is 20.2. The van der Waals surface area contributed by atoms with Crippen LogP contribution in [0.25, 0.3) is 0 Å². The SMILES string of the molecule is C=CCN(Cc1cnc(S(=O)(=O)Cc2ccccc2F)n1CC1CCCO1)C(=O)C1CCCC1. The number of benzene rings is 1. The number of nitrogens with zero attached hydrogens (tertiary/aromatic N) is 3. The molecule has 0 N–H and O–H groups in total. The van der Waals surface area contributed by atoms with Gasteiger partial charge in [0.1, 0.15) is 5.82 Å². The van der Waals surface area contributed by atoms with E-state index in [1.807, 2.05) is 0 Å². The summed E-state index contributed by atoms with van der Waals surface area (Å²) in [4.78, 5) is 19.1. The van der Waals surface area contributed by atoms with Gasteiger partial charge in [0.05, 0.1) is 36.8 Å².